The molecular weight excluding hydrogens is 208 g/mol. The number of hydrogen-bond donors (Lipinski definition) is 1. The maximum Gasteiger partial charge on any atom is 0.0602 e. The van der Waals surface area contributed by atoms with Gasteiger partial charge in [0.2, 0.25) is 0 Å². The predicted octanol–water partition coefficient (Wildman–Crippen LogP) is 3.74. The first-order chi connectivity index (χ1) is 7.98. The molecule has 1 N–H and O–H groups in total. The topological polar surface area (TPSA) is 15.3 Å². The van der Waals surface area contributed by atoms with Crippen LogP contribution in [0.3, 0.4) is 0 Å². The minimum Gasteiger partial charge on any atom is -0.377 e. The highest BCUT2D eigenvalue weighted by Gasteiger charge is 2.28. The van der Waals surface area contributed by atoms with Crippen LogP contribution in [0, 0.1) is 5.92 Å². The lowest BCUT2D eigenvalue weighted by molar-refractivity contribution is 0.502. The van der Waals surface area contributed by atoms with Crippen LogP contribution in [-0.2, 0) is 0 Å². The molecule has 0 radical (unpaired) electrons. The van der Waals surface area contributed by atoms with Crippen LogP contribution in [0.5, 0.6) is 0 Å². The van der Waals surface area contributed by atoms with Gasteiger partial charge in [-0.2, -0.15) is 0 Å². The Morgan fingerprint density at radius 3 is 2.71 bits per heavy atom. The van der Waals surface area contributed by atoms with Crippen molar-refractivity contribution in [3.63, 3.8) is 0 Å². The number of rotatable bonds is 3. The van der Waals surface area contributed by atoms with Gasteiger partial charge in [0.1, 0.15) is 0 Å². The van der Waals surface area contributed by atoms with Gasteiger partial charge in [-0.25, -0.2) is 0 Å². The maximum atomic E-state index is 3.61. The fraction of sp³-hybridized carbons (Fsp3) is 0.600. The van der Waals surface area contributed by atoms with Crippen LogP contribution in [0.2, 0.25) is 0 Å². The van der Waals surface area contributed by atoms with Crippen LogP contribution in [0.1, 0.15) is 34.1 Å². The molecule has 0 saturated heterocycles. The Morgan fingerprint density at radius 1 is 1.29 bits per heavy atom. The van der Waals surface area contributed by atoms with E-state index in [4.69, 9.17) is 0 Å². The molecule has 0 fully saturated rings. The first-order valence-electron chi connectivity index (χ1n) is 6.60. The zero-order valence-corrected chi connectivity index (χ0v) is 11.5. The van der Waals surface area contributed by atoms with Gasteiger partial charge in [0.15, 0.2) is 0 Å². The van der Waals surface area contributed by atoms with Gasteiger partial charge >= 0.3 is 0 Å². The zero-order chi connectivity index (χ0) is 12.5. The Morgan fingerprint density at radius 2 is 2.00 bits per heavy atom. The summed E-state index contributed by atoms with van der Waals surface area (Å²) in [7, 11) is 0. The molecule has 0 aromatic heterocycles. The molecule has 2 nitrogen and oxygen atoms in total. The number of fused-ring (bicyclic) bond motifs is 1. The summed E-state index contributed by atoms with van der Waals surface area (Å²) in [4.78, 5) is 2.52. The molecule has 1 aliphatic rings. The van der Waals surface area contributed by atoms with Crippen LogP contribution in [0.15, 0.2) is 24.3 Å². The van der Waals surface area contributed by atoms with Crippen LogP contribution in [0.25, 0.3) is 0 Å². The number of benzene rings is 1. The molecule has 94 valence electrons. The van der Waals surface area contributed by atoms with Crippen molar-refractivity contribution in [2.45, 2.75) is 39.7 Å². The van der Waals surface area contributed by atoms with Crippen molar-refractivity contribution in [1.82, 2.24) is 0 Å². The molecule has 2 heteroatoms. The molecule has 0 spiro atoms. The van der Waals surface area contributed by atoms with Gasteiger partial charge in [0.25, 0.3) is 0 Å². The van der Waals surface area contributed by atoms with E-state index in [0.29, 0.717) is 0 Å². The monoisotopic (exact) mass is 232 g/mol. The average molecular weight is 232 g/mol. The molecule has 0 saturated carbocycles. The highest BCUT2D eigenvalue weighted by Crippen LogP contribution is 2.34. The van der Waals surface area contributed by atoms with E-state index in [1.54, 1.807) is 0 Å². The van der Waals surface area contributed by atoms with E-state index in [0.717, 1.165) is 19.0 Å². The molecule has 0 atom stereocenters. The van der Waals surface area contributed by atoms with Crippen molar-refractivity contribution >= 4 is 11.4 Å². The van der Waals surface area contributed by atoms with E-state index in [1.165, 1.54) is 17.8 Å². The van der Waals surface area contributed by atoms with Crippen molar-refractivity contribution < 1.29 is 0 Å². The Bertz CT molecular complexity index is 382. The lowest BCUT2D eigenvalue weighted by Crippen LogP contribution is -2.48. The van der Waals surface area contributed by atoms with E-state index < -0.39 is 0 Å². The summed E-state index contributed by atoms with van der Waals surface area (Å²) in [6.07, 6.45) is 1.25. The molecule has 1 aromatic carbocycles. The second-order valence-corrected chi connectivity index (χ2v) is 6.13. The highest BCUT2D eigenvalue weighted by atomic mass is 15.2. The number of hydrogen-bond acceptors (Lipinski definition) is 2. The average Bonchev–Trinajstić information content (AvgIpc) is 2.24. The Labute approximate surface area is 105 Å². The summed E-state index contributed by atoms with van der Waals surface area (Å²) in [6.45, 7) is 11.4. The normalized spacial score (nSPS) is 17.8. The molecule has 1 aromatic rings. The third-order valence-electron chi connectivity index (χ3n) is 3.28. The predicted molar refractivity (Wildman–Crippen MR) is 75.8 cm³/mol. The van der Waals surface area contributed by atoms with Gasteiger partial charge in [-0.3, -0.25) is 0 Å². The van der Waals surface area contributed by atoms with Gasteiger partial charge in [-0.1, -0.05) is 26.0 Å². The minimum absolute atomic E-state index is 0.158. The standard InChI is InChI=1S/C15H24N2/c1-12(2)9-10-17-11-15(3,4)16-13-7-5-6-8-14(13)17/h5-8,12,16H,9-11H2,1-4H3. The van der Waals surface area contributed by atoms with Crippen molar-refractivity contribution in [2.24, 2.45) is 5.92 Å². The van der Waals surface area contributed by atoms with Crippen LogP contribution in [0.4, 0.5) is 11.4 Å². The van der Waals surface area contributed by atoms with Crippen molar-refractivity contribution in [1.29, 1.82) is 0 Å². The number of para-hydroxylation sites is 2. The molecule has 2 rings (SSSR count). The Kier molecular flexibility index (Phi) is 3.32. The SMILES string of the molecule is CC(C)CCN1CC(C)(C)Nc2ccccc21. The molecule has 17 heavy (non-hydrogen) atoms. The fourth-order valence-electron chi connectivity index (χ4n) is 2.44. The quantitative estimate of drug-likeness (QED) is 0.854. The molecule has 0 bridgehead atoms. The van der Waals surface area contributed by atoms with E-state index in [2.05, 4.69) is 62.2 Å². The smallest absolute Gasteiger partial charge is 0.0602 e. The lowest BCUT2D eigenvalue weighted by Gasteiger charge is -2.42. The summed E-state index contributed by atoms with van der Waals surface area (Å²) in [5.41, 5.74) is 2.78. The Hall–Kier alpha value is -1.18. The van der Waals surface area contributed by atoms with E-state index >= 15 is 0 Å². The summed E-state index contributed by atoms with van der Waals surface area (Å²) >= 11 is 0. The van der Waals surface area contributed by atoms with Gasteiger partial charge in [0, 0.05) is 18.6 Å². The molecule has 0 aliphatic carbocycles. The lowest BCUT2D eigenvalue weighted by atomic mass is 9.98. The molecule has 0 amide bonds. The minimum atomic E-state index is 0.158. The van der Waals surface area contributed by atoms with Gasteiger partial charge in [-0.05, 0) is 38.3 Å². The first kappa shape index (κ1) is 12.3. The van der Waals surface area contributed by atoms with Crippen molar-refractivity contribution in [3.05, 3.63) is 24.3 Å². The fourth-order valence-corrected chi connectivity index (χ4v) is 2.44. The summed E-state index contributed by atoms with van der Waals surface area (Å²) < 4.78 is 0. The largest absolute Gasteiger partial charge is 0.377 e. The summed E-state index contributed by atoms with van der Waals surface area (Å²) in [6, 6.07) is 8.63. The first-order valence-corrected chi connectivity index (χ1v) is 6.60. The second kappa shape index (κ2) is 4.59. The zero-order valence-electron chi connectivity index (χ0n) is 11.5. The van der Waals surface area contributed by atoms with Crippen LogP contribution in [-0.4, -0.2) is 18.6 Å². The number of nitrogens with zero attached hydrogens (tertiary/aromatic N) is 1. The van der Waals surface area contributed by atoms with E-state index in [9.17, 15) is 0 Å². The second-order valence-electron chi connectivity index (χ2n) is 6.13. The molecular formula is C15H24N2. The third kappa shape index (κ3) is 2.93. The van der Waals surface area contributed by atoms with E-state index in [1.807, 2.05) is 0 Å². The van der Waals surface area contributed by atoms with Crippen LogP contribution >= 0.6 is 0 Å². The number of nitrogens with one attached hydrogen (secondary N) is 1. The Balaban J connectivity index is 2.20. The molecule has 1 heterocycles. The maximum absolute atomic E-state index is 3.61. The highest BCUT2D eigenvalue weighted by molar-refractivity contribution is 5.73. The van der Waals surface area contributed by atoms with Gasteiger partial charge < -0.3 is 10.2 Å². The summed E-state index contributed by atoms with van der Waals surface area (Å²) in [5, 5.41) is 3.61. The number of anilines is 2. The van der Waals surface area contributed by atoms with Gasteiger partial charge in [-0.15, -0.1) is 0 Å². The van der Waals surface area contributed by atoms with Crippen LogP contribution < -0.4 is 10.2 Å². The third-order valence-corrected chi connectivity index (χ3v) is 3.28. The van der Waals surface area contributed by atoms with Crippen molar-refractivity contribution in [3.8, 4) is 0 Å². The van der Waals surface area contributed by atoms with Crippen molar-refractivity contribution in [2.75, 3.05) is 23.3 Å². The van der Waals surface area contributed by atoms with Gasteiger partial charge in [0.05, 0.1) is 11.4 Å². The van der Waals surface area contributed by atoms with E-state index in [-0.39, 0.29) is 5.54 Å². The summed E-state index contributed by atoms with van der Waals surface area (Å²) in [5.74, 6) is 0.764. The molecule has 0 unspecified atom stereocenters. The molecule has 1 aliphatic heterocycles.